The minimum Gasteiger partial charge on any atom is -0.383 e. The van der Waals surface area contributed by atoms with E-state index >= 15 is 0 Å². The first-order valence-electron chi connectivity index (χ1n) is 6.11. The van der Waals surface area contributed by atoms with E-state index < -0.39 is 10.0 Å². The van der Waals surface area contributed by atoms with E-state index in [-0.39, 0.29) is 0 Å². The summed E-state index contributed by atoms with van der Waals surface area (Å²) in [4.78, 5) is 0. The van der Waals surface area contributed by atoms with Crippen molar-refractivity contribution < 1.29 is 8.42 Å². The standard InChI is InChI=1S/C14H15N3O2S/c1-20(18,19)17-9-8-16-14-7-6-11(10-15)12-4-2-3-5-13(12)14/h2-7,16-17H,8-9H2,1H3. The van der Waals surface area contributed by atoms with Gasteiger partial charge in [0.05, 0.1) is 17.9 Å². The number of hydrogen-bond donors (Lipinski definition) is 2. The number of benzene rings is 2. The van der Waals surface area contributed by atoms with E-state index in [9.17, 15) is 8.42 Å². The molecule has 0 atom stereocenters. The fourth-order valence-electron chi connectivity index (χ4n) is 1.98. The van der Waals surface area contributed by atoms with Crippen molar-refractivity contribution in [1.29, 1.82) is 5.26 Å². The van der Waals surface area contributed by atoms with E-state index in [1.54, 1.807) is 6.07 Å². The highest BCUT2D eigenvalue weighted by atomic mass is 32.2. The van der Waals surface area contributed by atoms with Crippen LogP contribution in [0.2, 0.25) is 0 Å². The Balaban J connectivity index is 2.18. The number of fused-ring (bicyclic) bond motifs is 1. The number of nitrogens with one attached hydrogen (secondary N) is 2. The molecule has 20 heavy (non-hydrogen) atoms. The van der Waals surface area contributed by atoms with Gasteiger partial charge in [-0.25, -0.2) is 13.1 Å². The van der Waals surface area contributed by atoms with Gasteiger partial charge < -0.3 is 5.32 Å². The molecule has 0 aromatic heterocycles. The quantitative estimate of drug-likeness (QED) is 0.820. The number of rotatable bonds is 5. The van der Waals surface area contributed by atoms with Crippen LogP contribution < -0.4 is 10.0 Å². The Morgan fingerprint density at radius 2 is 1.80 bits per heavy atom. The van der Waals surface area contributed by atoms with E-state index in [1.807, 2.05) is 30.3 Å². The Morgan fingerprint density at radius 3 is 2.45 bits per heavy atom. The average Bonchev–Trinajstić information content (AvgIpc) is 2.42. The summed E-state index contributed by atoms with van der Waals surface area (Å²) in [6, 6.07) is 13.4. The maximum absolute atomic E-state index is 11.0. The van der Waals surface area contributed by atoms with Gasteiger partial charge in [0.25, 0.3) is 0 Å². The zero-order valence-corrected chi connectivity index (χ0v) is 11.9. The van der Waals surface area contributed by atoms with Gasteiger partial charge in [0.1, 0.15) is 0 Å². The zero-order valence-electron chi connectivity index (χ0n) is 11.1. The van der Waals surface area contributed by atoms with Crippen LogP contribution >= 0.6 is 0 Å². The van der Waals surface area contributed by atoms with Gasteiger partial charge in [-0.3, -0.25) is 0 Å². The number of nitriles is 1. The molecule has 2 N–H and O–H groups in total. The van der Waals surface area contributed by atoms with E-state index in [1.165, 1.54) is 0 Å². The Labute approximate surface area is 118 Å². The van der Waals surface area contributed by atoms with Gasteiger partial charge in [0.15, 0.2) is 0 Å². The van der Waals surface area contributed by atoms with E-state index in [0.717, 1.165) is 22.7 Å². The van der Waals surface area contributed by atoms with Crippen LogP contribution in [0.4, 0.5) is 5.69 Å². The Hall–Kier alpha value is -2.10. The van der Waals surface area contributed by atoms with Crippen LogP contribution in [-0.2, 0) is 10.0 Å². The molecule has 2 aromatic rings. The first kappa shape index (κ1) is 14.3. The largest absolute Gasteiger partial charge is 0.383 e. The molecular weight excluding hydrogens is 274 g/mol. The third kappa shape index (κ3) is 3.47. The highest BCUT2D eigenvalue weighted by molar-refractivity contribution is 7.88. The summed E-state index contributed by atoms with van der Waals surface area (Å²) in [7, 11) is -3.16. The normalized spacial score (nSPS) is 11.2. The van der Waals surface area contributed by atoms with Crippen molar-refractivity contribution in [3.05, 3.63) is 42.0 Å². The molecule has 5 nitrogen and oxygen atoms in total. The van der Waals surface area contributed by atoms with E-state index in [0.29, 0.717) is 18.7 Å². The van der Waals surface area contributed by atoms with Crippen LogP contribution in [0, 0.1) is 11.3 Å². The second-order valence-electron chi connectivity index (χ2n) is 4.41. The van der Waals surface area contributed by atoms with Crippen molar-refractivity contribution in [3.8, 4) is 6.07 Å². The summed E-state index contributed by atoms with van der Waals surface area (Å²) in [5.41, 5.74) is 1.51. The molecule has 0 spiro atoms. The van der Waals surface area contributed by atoms with Crippen LogP contribution in [0.1, 0.15) is 5.56 Å². The molecule has 2 aromatic carbocycles. The number of nitrogens with zero attached hydrogens (tertiary/aromatic N) is 1. The summed E-state index contributed by atoms with van der Waals surface area (Å²) in [6.07, 6.45) is 1.13. The molecule has 0 amide bonds. The van der Waals surface area contributed by atoms with Gasteiger partial charge in [-0.05, 0) is 12.1 Å². The summed E-state index contributed by atoms with van der Waals surface area (Å²) in [5, 5.41) is 14.1. The second kappa shape index (κ2) is 5.90. The molecule has 2 rings (SSSR count). The smallest absolute Gasteiger partial charge is 0.208 e. The van der Waals surface area contributed by atoms with Gasteiger partial charge in [0.2, 0.25) is 10.0 Å². The third-order valence-corrected chi connectivity index (χ3v) is 3.58. The number of hydrogen-bond acceptors (Lipinski definition) is 4. The molecule has 104 valence electrons. The van der Waals surface area contributed by atoms with Crippen LogP contribution in [0.25, 0.3) is 10.8 Å². The van der Waals surface area contributed by atoms with Gasteiger partial charge in [0, 0.05) is 29.5 Å². The Bertz CT molecular complexity index is 764. The van der Waals surface area contributed by atoms with Crippen LogP contribution in [0.15, 0.2) is 36.4 Å². The molecule has 0 saturated carbocycles. The van der Waals surface area contributed by atoms with Crippen molar-refractivity contribution in [2.75, 3.05) is 24.7 Å². The summed E-state index contributed by atoms with van der Waals surface area (Å²) < 4.78 is 24.3. The highest BCUT2D eigenvalue weighted by Gasteiger charge is 2.05. The van der Waals surface area contributed by atoms with Crippen molar-refractivity contribution in [2.45, 2.75) is 0 Å². The lowest BCUT2D eigenvalue weighted by molar-refractivity contribution is 0.589. The van der Waals surface area contributed by atoms with Gasteiger partial charge in [-0.1, -0.05) is 24.3 Å². The fraction of sp³-hybridized carbons (Fsp3) is 0.214. The van der Waals surface area contributed by atoms with Crippen LogP contribution in [0.3, 0.4) is 0 Å². The molecule has 0 fully saturated rings. The minimum absolute atomic E-state index is 0.313. The van der Waals surface area contributed by atoms with Crippen molar-refractivity contribution in [2.24, 2.45) is 0 Å². The van der Waals surface area contributed by atoms with Gasteiger partial charge >= 0.3 is 0 Å². The molecule has 0 aliphatic heterocycles. The third-order valence-electron chi connectivity index (χ3n) is 2.85. The molecule has 0 bridgehead atoms. The zero-order chi connectivity index (χ0) is 14.6. The lowest BCUT2D eigenvalue weighted by Crippen LogP contribution is -2.27. The van der Waals surface area contributed by atoms with Crippen molar-refractivity contribution in [3.63, 3.8) is 0 Å². The van der Waals surface area contributed by atoms with Crippen LogP contribution in [-0.4, -0.2) is 27.8 Å². The van der Waals surface area contributed by atoms with E-state index in [4.69, 9.17) is 5.26 Å². The second-order valence-corrected chi connectivity index (χ2v) is 6.24. The molecular formula is C14H15N3O2S. The van der Waals surface area contributed by atoms with Gasteiger partial charge in [-0.15, -0.1) is 0 Å². The number of anilines is 1. The van der Waals surface area contributed by atoms with E-state index in [2.05, 4.69) is 16.1 Å². The number of sulfonamides is 1. The highest BCUT2D eigenvalue weighted by Crippen LogP contribution is 2.25. The molecule has 0 aliphatic rings. The predicted octanol–water partition coefficient (Wildman–Crippen LogP) is 1.67. The summed E-state index contributed by atoms with van der Waals surface area (Å²) in [6.45, 7) is 0.788. The summed E-state index contributed by atoms with van der Waals surface area (Å²) >= 11 is 0. The topological polar surface area (TPSA) is 82.0 Å². The fourth-order valence-corrected chi connectivity index (χ4v) is 2.46. The Kier molecular flexibility index (Phi) is 4.23. The molecule has 0 heterocycles. The first-order chi connectivity index (χ1) is 9.51. The minimum atomic E-state index is -3.16. The summed E-state index contributed by atoms with van der Waals surface area (Å²) in [5.74, 6) is 0. The van der Waals surface area contributed by atoms with Crippen molar-refractivity contribution >= 4 is 26.5 Å². The molecule has 0 aliphatic carbocycles. The molecule has 6 heteroatoms. The maximum Gasteiger partial charge on any atom is 0.208 e. The predicted molar refractivity (Wildman–Crippen MR) is 80.0 cm³/mol. The molecule has 0 radical (unpaired) electrons. The monoisotopic (exact) mass is 289 g/mol. The Morgan fingerprint density at radius 1 is 1.10 bits per heavy atom. The maximum atomic E-state index is 11.0. The lowest BCUT2D eigenvalue weighted by atomic mass is 10.0. The SMILES string of the molecule is CS(=O)(=O)NCCNc1ccc(C#N)c2ccccc12. The molecule has 0 unspecified atom stereocenters. The lowest BCUT2D eigenvalue weighted by Gasteiger charge is -2.10. The average molecular weight is 289 g/mol. The van der Waals surface area contributed by atoms with Crippen molar-refractivity contribution in [1.82, 2.24) is 4.72 Å². The first-order valence-corrected chi connectivity index (χ1v) is 8.01. The van der Waals surface area contributed by atoms with Crippen LogP contribution in [0.5, 0.6) is 0 Å². The van der Waals surface area contributed by atoms with Gasteiger partial charge in [-0.2, -0.15) is 5.26 Å². The molecule has 0 saturated heterocycles.